The predicted octanol–water partition coefficient (Wildman–Crippen LogP) is 10.0. The second-order valence-electron chi connectivity index (χ2n) is 14.6. The summed E-state index contributed by atoms with van der Waals surface area (Å²) in [6.07, 6.45) is 41.5. The van der Waals surface area contributed by atoms with Gasteiger partial charge in [-0.1, -0.05) is 115 Å². The number of fused-ring (bicyclic) bond motifs is 4. The summed E-state index contributed by atoms with van der Waals surface area (Å²) in [4.78, 5) is 5.56. The molecule has 3 nitrogen and oxygen atoms in total. The van der Waals surface area contributed by atoms with Crippen molar-refractivity contribution in [1.82, 2.24) is 9.80 Å². The van der Waals surface area contributed by atoms with E-state index < -0.39 is 0 Å². The summed E-state index contributed by atoms with van der Waals surface area (Å²) in [5, 5.41) is 0. The van der Waals surface area contributed by atoms with Gasteiger partial charge in [0, 0.05) is 41.4 Å². The molecule has 3 heteroatoms. The Morgan fingerprint density at radius 2 is 1.72 bits per heavy atom. The highest BCUT2D eigenvalue weighted by Gasteiger charge is 2.40. The monoisotopic (exact) mass is 610 g/mol. The third-order valence-corrected chi connectivity index (χ3v) is 11.7. The molecule has 2 aliphatic heterocycles. The maximum absolute atomic E-state index is 6.42. The average molecular weight is 611 g/mol. The third kappa shape index (κ3) is 5.61. The number of rotatable bonds is 5. The molecule has 0 saturated heterocycles. The minimum absolute atomic E-state index is 0.263. The normalized spacial score (nSPS) is 32.5. The molecule has 1 aromatic rings. The summed E-state index contributed by atoms with van der Waals surface area (Å²) >= 11 is 0. The van der Waals surface area contributed by atoms with Crippen LogP contribution in [0, 0.1) is 5.92 Å². The van der Waals surface area contributed by atoms with Gasteiger partial charge in [-0.2, -0.15) is 0 Å². The van der Waals surface area contributed by atoms with Gasteiger partial charge in [-0.3, -0.25) is 0 Å². The van der Waals surface area contributed by atoms with Crippen molar-refractivity contribution in [2.24, 2.45) is 5.92 Å². The molecule has 0 amide bonds. The van der Waals surface area contributed by atoms with Gasteiger partial charge in [0.2, 0.25) is 0 Å². The predicted molar refractivity (Wildman–Crippen MR) is 190 cm³/mol. The number of ether oxygens (including phenoxy) is 1. The first kappa shape index (κ1) is 29.7. The van der Waals surface area contributed by atoms with Gasteiger partial charge in [0.25, 0.3) is 0 Å². The zero-order valence-electron chi connectivity index (χ0n) is 27.8. The van der Waals surface area contributed by atoms with E-state index in [1.54, 1.807) is 5.57 Å². The molecule has 238 valence electrons. The maximum atomic E-state index is 6.42. The van der Waals surface area contributed by atoms with Crippen molar-refractivity contribution >= 4 is 0 Å². The summed E-state index contributed by atoms with van der Waals surface area (Å²) in [7, 11) is 0. The Labute approximate surface area is 276 Å². The minimum atomic E-state index is 0.263. The Balaban J connectivity index is 1.16. The van der Waals surface area contributed by atoms with Crippen LogP contribution in [-0.2, 0) is 0 Å². The first-order valence-electron chi connectivity index (χ1n) is 18.1. The van der Waals surface area contributed by atoms with Gasteiger partial charge in [-0.05, 0) is 76.0 Å². The van der Waals surface area contributed by atoms with Crippen LogP contribution in [0.5, 0.6) is 5.75 Å². The lowest BCUT2D eigenvalue weighted by atomic mass is 9.79. The molecule has 0 radical (unpaired) electrons. The van der Waals surface area contributed by atoms with Crippen molar-refractivity contribution in [3.8, 4) is 5.75 Å². The van der Waals surface area contributed by atoms with Crippen molar-refractivity contribution in [3.63, 3.8) is 0 Å². The van der Waals surface area contributed by atoms with E-state index in [1.807, 2.05) is 0 Å². The smallest absolute Gasteiger partial charge is 0.123 e. The molecule has 1 fully saturated rings. The molecule has 1 saturated carbocycles. The van der Waals surface area contributed by atoms with Gasteiger partial charge < -0.3 is 14.5 Å². The standard InChI is InChI=1S/C43H50N2O/c1-30-21-23-34(24-22-30)45(36-16-10-15-33(28-36)32-13-4-3-5-14-32)40-19-11-18-39-43(40)31(2)12-8-9-27-44(39)35-25-26-42-38(29-35)37-17-6-7-20-41(37)46-42/h6-12,15-17,19-23,25,32,34,36,38-39,42H,3-5,13-14,18,24,26-29H2,1-2H3/b9-8-,31-12+. The van der Waals surface area contributed by atoms with E-state index in [0.717, 1.165) is 50.3 Å². The Hall–Kier alpha value is -3.72. The maximum Gasteiger partial charge on any atom is 0.123 e. The highest BCUT2D eigenvalue weighted by molar-refractivity contribution is 5.50. The summed E-state index contributed by atoms with van der Waals surface area (Å²) < 4.78 is 6.42. The van der Waals surface area contributed by atoms with Gasteiger partial charge in [0.05, 0.1) is 18.1 Å². The molecule has 5 aliphatic carbocycles. The molecule has 0 aromatic heterocycles. The number of hydrogen-bond donors (Lipinski definition) is 0. The highest BCUT2D eigenvalue weighted by Crippen LogP contribution is 2.47. The highest BCUT2D eigenvalue weighted by atomic mass is 16.5. The summed E-state index contributed by atoms with van der Waals surface area (Å²) in [6.45, 7) is 5.53. The fourth-order valence-corrected chi connectivity index (χ4v) is 9.35. The molecule has 0 N–H and O–H groups in total. The zero-order chi connectivity index (χ0) is 31.0. The third-order valence-electron chi connectivity index (χ3n) is 11.7. The molecule has 0 spiro atoms. The van der Waals surface area contributed by atoms with Crippen LogP contribution in [0.4, 0.5) is 0 Å². The topological polar surface area (TPSA) is 15.7 Å². The molecule has 8 rings (SSSR count). The Bertz CT molecular complexity index is 1620. The van der Waals surface area contributed by atoms with Crippen molar-refractivity contribution in [2.75, 3.05) is 6.54 Å². The van der Waals surface area contributed by atoms with Crippen LogP contribution in [0.25, 0.3) is 0 Å². The molecule has 5 atom stereocenters. The molecule has 46 heavy (non-hydrogen) atoms. The Morgan fingerprint density at radius 1 is 0.826 bits per heavy atom. The van der Waals surface area contributed by atoms with Crippen LogP contribution in [-0.4, -0.2) is 40.6 Å². The van der Waals surface area contributed by atoms with Gasteiger partial charge in [-0.25, -0.2) is 0 Å². The molecule has 5 unspecified atom stereocenters. The van der Waals surface area contributed by atoms with Gasteiger partial charge in [-0.15, -0.1) is 0 Å². The lowest BCUT2D eigenvalue weighted by molar-refractivity contribution is 0.183. The molecule has 7 aliphatic rings. The molecular weight excluding hydrogens is 560 g/mol. The largest absolute Gasteiger partial charge is 0.489 e. The van der Waals surface area contributed by atoms with Gasteiger partial charge >= 0.3 is 0 Å². The fourth-order valence-electron chi connectivity index (χ4n) is 9.35. The number of nitrogens with zero attached hydrogens (tertiary/aromatic N) is 2. The van der Waals surface area contributed by atoms with Crippen LogP contribution in [0.15, 0.2) is 131 Å². The first-order valence-corrected chi connectivity index (χ1v) is 18.1. The van der Waals surface area contributed by atoms with E-state index >= 15 is 0 Å². The quantitative estimate of drug-likeness (QED) is 0.330. The molecule has 2 heterocycles. The number of para-hydroxylation sites is 1. The average Bonchev–Trinajstić information content (AvgIpc) is 3.47. The second-order valence-corrected chi connectivity index (χ2v) is 14.6. The van der Waals surface area contributed by atoms with Crippen LogP contribution >= 0.6 is 0 Å². The summed E-state index contributed by atoms with van der Waals surface area (Å²) in [5.74, 6) is 2.28. The Morgan fingerprint density at radius 3 is 2.59 bits per heavy atom. The first-order chi connectivity index (χ1) is 22.6. The number of hydrogen-bond acceptors (Lipinski definition) is 3. The SMILES string of the molecule is CC1=CCC(N(C2=C3/C(C)=C/C=C\CN(C4=CCC5Oc6ccccc6C5C4)C3CC=C2)C2C=CC=C(C3CCCCC3)C2)C=C1. The van der Waals surface area contributed by atoms with E-state index in [1.165, 1.54) is 65.8 Å². The zero-order valence-corrected chi connectivity index (χ0v) is 27.8. The van der Waals surface area contributed by atoms with Crippen LogP contribution in [0.1, 0.15) is 89.5 Å². The van der Waals surface area contributed by atoms with E-state index in [-0.39, 0.29) is 6.10 Å². The summed E-state index contributed by atoms with van der Waals surface area (Å²) in [5.41, 5.74) is 10.3. The minimum Gasteiger partial charge on any atom is -0.489 e. The molecular formula is C43H50N2O. The van der Waals surface area contributed by atoms with E-state index in [4.69, 9.17) is 4.74 Å². The number of benzene rings is 1. The van der Waals surface area contributed by atoms with Gasteiger partial charge in [0.15, 0.2) is 0 Å². The summed E-state index contributed by atoms with van der Waals surface area (Å²) in [6, 6.07) is 9.74. The van der Waals surface area contributed by atoms with Crippen molar-refractivity contribution < 1.29 is 4.74 Å². The van der Waals surface area contributed by atoms with Crippen LogP contribution in [0.3, 0.4) is 0 Å². The van der Waals surface area contributed by atoms with E-state index in [0.29, 0.717) is 24.0 Å². The van der Waals surface area contributed by atoms with Gasteiger partial charge in [0.1, 0.15) is 11.9 Å². The van der Waals surface area contributed by atoms with E-state index in [2.05, 4.69) is 121 Å². The lowest BCUT2D eigenvalue weighted by Crippen LogP contribution is -2.46. The molecule has 0 bridgehead atoms. The molecule has 1 aromatic carbocycles. The van der Waals surface area contributed by atoms with Crippen LogP contribution in [0.2, 0.25) is 0 Å². The van der Waals surface area contributed by atoms with Crippen molar-refractivity contribution in [3.05, 3.63) is 136 Å². The Kier molecular flexibility index (Phi) is 8.27. The fraction of sp³-hybridized carbons (Fsp3) is 0.442. The lowest BCUT2D eigenvalue weighted by Gasteiger charge is -2.46. The second kappa shape index (κ2) is 12.8. The van der Waals surface area contributed by atoms with E-state index in [9.17, 15) is 0 Å². The van der Waals surface area contributed by atoms with Crippen molar-refractivity contribution in [2.45, 2.75) is 108 Å². The van der Waals surface area contributed by atoms with Crippen molar-refractivity contribution in [1.29, 1.82) is 0 Å². The van der Waals surface area contributed by atoms with Crippen LogP contribution < -0.4 is 4.74 Å². The number of allylic oxidation sites excluding steroid dienone is 8.